The van der Waals surface area contributed by atoms with E-state index in [0.717, 1.165) is 36.5 Å². The van der Waals surface area contributed by atoms with E-state index in [9.17, 15) is 4.79 Å². The van der Waals surface area contributed by atoms with Gasteiger partial charge >= 0.3 is 0 Å². The molecule has 0 saturated heterocycles. The van der Waals surface area contributed by atoms with Crippen LogP contribution in [0.15, 0.2) is 29.1 Å². The summed E-state index contributed by atoms with van der Waals surface area (Å²) in [6.07, 6.45) is 1.47. The predicted octanol–water partition coefficient (Wildman–Crippen LogP) is 1.86. The van der Waals surface area contributed by atoms with Gasteiger partial charge in [0, 0.05) is 18.5 Å². The average molecular weight is 291 g/mol. The van der Waals surface area contributed by atoms with Gasteiger partial charge in [-0.1, -0.05) is 23.7 Å². The molecule has 3 N–H and O–H groups in total. The number of hydrogen-bond acceptors (Lipinski definition) is 4. The van der Waals surface area contributed by atoms with Crippen LogP contribution < -0.4 is 16.2 Å². The van der Waals surface area contributed by atoms with Crippen molar-refractivity contribution in [3.05, 3.63) is 50.9 Å². The number of halogens is 1. The third-order valence-electron chi connectivity index (χ3n) is 3.32. The number of anilines is 2. The fourth-order valence-electron chi connectivity index (χ4n) is 2.30. The van der Waals surface area contributed by atoms with E-state index in [1.807, 2.05) is 18.2 Å². The van der Waals surface area contributed by atoms with Crippen LogP contribution >= 0.6 is 11.6 Å². The summed E-state index contributed by atoms with van der Waals surface area (Å²) in [6.45, 7) is 1.66. The van der Waals surface area contributed by atoms with Gasteiger partial charge in [-0.25, -0.2) is 4.98 Å². The Morgan fingerprint density at radius 3 is 2.85 bits per heavy atom. The second-order valence-electron chi connectivity index (χ2n) is 4.69. The van der Waals surface area contributed by atoms with Crippen LogP contribution in [0.1, 0.15) is 11.3 Å². The van der Waals surface area contributed by atoms with Crippen molar-refractivity contribution in [3.63, 3.8) is 0 Å². The highest BCUT2D eigenvalue weighted by molar-refractivity contribution is 6.33. The normalized spacial score (nSPS) is 14.4. The highest BCUT2D eigenvalue weighted by Gasteiger charge is 2.14. The molecule has 6 heteroatoms. The zero-order chi connectivity index (χ0) is 13.9. The van der Waals surface area contributed by atoms with Gasteiger partial charge in [0.2, 0.25) is 5.95 Å². The molecule has 1 aromatic heterocycles. The highest BCUT2D eigenvalue weighted by Crippen LogP contribution is 2.23. The summed E-state index contributed by atoms with van der Waals surface area (Å²) < 4.78 is 0. The molecule has 0 unspecified atom stereocenters. The summed E-state index contributed by atoms with van der Waals surface area (Å²) in [7, 11) is 0. The molecule has 1 aliphatic heterocycles. The van der Waals surface area contributed by atoms with Crippen molar-refractivity contribution in [3.8, 4) is 0 Å². The second kappa shape index (κ2) is 5.64. The van der Waals surface area contributed by atoms with Crippen LogP contribution in [0.25, 0.3) is 0 Å². The Labute approximate surface area is 121 Å². The minimum Gasteiger partial charge on any atom is -0.324 e. The van der Waals surface area contributed by atoms with Gasteiger partial charge in [-0.05, 0) is 25.1 Å². The lowest BCUT2D eigenvalue weighted by Gasteiger charge is -2.10. The van der Waals surface area contributed by atoms with Crippen LogP contribution in [0, 0.1) is 0 Å². The van der Waals surface area contributed by atoms with Gasteiger partial charge in [-0.3, -0.25) is 9.78 Å². The Balaban J connectivity index is 1.95. The van der Waals surface area contributed by atoms with Crippen molar-refractivity contribution in [2.45, 2.75) is 12.8 Å². The fraction of sp³-hybridized carbons (Fsp3) is 0.286. The lowest BCUT2D eigenvalue weighted by atomic mass is 10.1. The number of fused-ring (bicyclic) bond motifs is 1. The van der Waals surface area contributed by atoms with Crippen LogP contribution in [0.3, 0.4) is 0 Å². The first-order valence-electron chi connectivity index (χ1n) is 6.58. The van der Waals surface area contributed by atoms with E-state index in [2.05, 4.69) is 20.6 Å². The minimum absolute atomic E-state index is 0.0757. The number of H-pyrrole nitrogens is 1. The number of hydrogen-bond donors (Lipinski definition) is 3. The van der Waals surface area contributed by atoms with E-state index < -0.39 is 0 Å². The van der Waals surface area contributed by atoms with Gasteiger partial charge in [-0.2, -0.15) is 0 Å². The molecule has 2 heterocycles. The summed E-state index contributed by atoms with van der Waals surface area (Å²) in [5.74, 6) is 0.434. The van der Waals surface area contributed by atoms with Crippen molar-refractivity contribution >= 4 is 23.2 Å². The lowest BCUT2D eigenvalue weighted by Crippen LogP contribution is -2.20. The zero-order valence-electron chi connectivity index (χ0n) is 10.9. The third-order valence-corrected chi connectivity index (χ3v) is 3.65. The van der Waals surface area contributed by atoms with Gasteiger partial charge in [0.25, 0.3) is 5.56 Å². The quantitative estimate of drug-likeness (QED) is 0.789. The number of benzene rings is 1. The third kappa shape index (κ3) is 2.69. The second-order valence-corrected chi connectivity index (χ2v) is 5.10. The highest BCUT2D eigenvalue weighted by atomic mass is 35.5. The van der Waals surface area contributed by atoms with Crippen molar-refractivity contribution < 1.29 is 0 Å². The number of aromatic amines is 1. The van der Waals surface area contributed by atoms with E-state index in [4.69, 9.17) is 11.6 Å². The van der Waals surface area contributed by atoms with Crippen LogP contribution in [0.2, 0.25) is 5.02 Å². The fourth-order valence-corrected chi connectivity index (χ4v) is 2.49. The summed E-state index contributed by atoms with van der Waals surface area (Å²) in [5.41, 5.74) is 2.28. The number of aromatic nitrogens is 2. The van der Waals surface area contributed by atoms with E-state index in [1.165, 1.54) is 0 Å². The topological polar surface area (TPSA) is 69.8 Å². The predicted molar refractivity (Wildman–Crippen MR) is 79.9 cm³/mol. The maximum Gasteiger partial charge on any atom is 0.255 e. The molecule has 1 aliphatic rings. The molecule has 0 fully saturated rings. The molecule has 5 nitrogen and oxygen atoms in total. The summed E-state index contributed by atoms with van der Waals surface area (Å²) in [5, 5.41) is 6.92. The summed E-state index contributed by atoms with van der Waals surface area (Å²) in [4.78, 5) is 19.4. The summed E-state index contributed by atoms with van der Waals surface area (Å²) in [6, 6.07) is 7.36. The lowest BCUT2D eigenvalue weighted by molar-refractivity contribution is 0.708. The van der Waals surface area contributed by atoms with Crippen molar-refractivity contribution in [1.82, 2.24) is 15.3 Å². The largest absolute Gasteiger partial charge is 0.324 e. The van der Waals surface area contributed by atoms with E-state index in [1.54, 1.807) is 6.07 Å². The van der Waals surface area contributed by atoms with E-state index in [0.29, 0.717) is 17.4 Å². The molecule has 0 atom stereocenters. The van der Waals surface area contributed by atoms with Gasteiger partial charge in [0.05, 0.1) is 16.4 Å². The minimum atomic E-state index is -0.0757. The molecular formula is C14H15ClN4O. The van der Waals surface area contributed by atoms with Gasteiger partial charge in [0.1, 0.15) is 0 Å². The molecule has 0 saturated carbocycles. The molecule has 104 valence electrons. The monoisotopic (exact) mass is 290 g/mol. The van der Waals surface area contributed by atoms with Gasteiger partial charge in [-0.15, -0.1) is 0 Å². The number of nitrogens with zero attached hydrogens (tertiary/aromatic N) is 1. The Morgan fingerprint density at radius 2 is 2.00 bits per heavy atom. The van der Waals surface area contributed by atoms with Gasteiger partial charge in [0.15, 0.2) is 0 Å². The van der Waals surface area contributed by atoms with Crippen molar-refractivity contribution in [2.24, 2.45) is 0 Å². The van der Waals surface area contributed by atoms with Crippen LogP contribution in [0.4, 0.5) is 11.6 Å². The molecule has 3 rings (SSSR count). The molecule has 0 radical (unpaired) electrons. The van der Waals surface area contributed by atoms with Crippen molar-refractivity contribution in [1.29, 1.82) is 0 Å². The SMILES string of the molecule is O=c1[nH]c(Nc2ccccc2Cl)nc2c1CCNCC2. The van der Waals surface area contributed by atoms with Gasteiger partial charge < -0.3 is 10.6 Å². The maximum absolute atomic E-state index is 12.1. The molecule has 0 spiro atoms. The van der Waals surface area contributed by atoms with E-state index >= 15 is 0 Å². The summed E-state index contributed by atoms with van der Waals surface area (Å²) >= 11 is 6.09. The Hall–Kier alpha value is -1.85. The van der Waals surface area contributed by atoms with Crippen molar-refractivity contribution in [2.75, 3.05) is 18.4 Å². The first-order valence-corrected chi connectivity index (χ1v) is 6.96. The molecule has 2 aromatic rings. The smallest absolute Gasteiger partial charge is 0.255 e. The average Bonchev–Trinajstić information content (AvgIpc) is 2.67. The molecule has 20 heavy (non-hydrogen) atoms. The molecule has 0 amide bonds. The van der Waals surface area contributed by atoms with E-state index in [-0.39, 0.29) is 5.56 Å². The molecule has 0 bridgehead atoms. The van der Waals surface area contributed by atoms with Crippen LogP contribution in [0.5, 0.6) is 0 Å². The number of nitrogens with one attached hydrogen (secondary N) is 3. The van der Waals surface area contributed by atoms with Crippen LogP contribution in [-0.4, -0.2) is 23.1 Å². The molecule has 0 aliphatic carbocycles. The number of para-hydroxylation sites is 1. The first-order chi connectivity index (χ1) is 9.74. The standard InChI is InChI=1S/C14H15ClN4O/c15-10-3-1-2-4-12(10)18-14-17-11-6-8-16-7-5-9(11)13(20)19-14/h1-4,16H,5-8H2,(H2,17,18,19,20). The Kier molecular flexibility index (Phi) is 3.71. The first kappa shape index (κ1) is 13.1. The van der Waals surface area contributed by atoms with Crippen LogP contribution in [-0.2, 0) is 12.8 Å². The molecular weight excluding hydrogens is 276 g/mol. The zero-order valence-corrected chi connectivity index (χ0v) is 11.6. The molecule has 1 aromatic carbocycles. The Bertz CT molecular complexity index is 683. The number of rotatable bonds is 2. The Morgan fingerprint density at radius 1 is 1.20 bits per heavy atom. The maximum atomic E-state index is 12.1.